The van der Waals surface area contributed by atoms with Crippen molar-refractivity contribution in [1.29, 1.82) is 0 Å². The summed E-state index contributed by atoms with van der Waals surface area (Å²) in [7, 11) is 0. The monoisotopic (exact) mass is 696 g/mol. The summed E-state index contributed by atoms with van der Waals surface area (Å²) in [5.41, 5.74) is -5.52. The lowest BCUT2D eigenvalue weighted by Gasteiger charge is -2.71. The molecule has 0 amide bonds. The number of carbonyl (C=O) groups excluding carboxylic acids is 2. The fraction of sp³-hybridized carbons (Fsp3) is 0.889. The second-order valence-corrected chi connectivity index (χ2v) is 18.0. The van der Waals surface area contributed by atoms with Crippen LogP contribution in [0.3, 0.4) is 0 Å². The zero-order valence-electron chi connectivity index (χ0n) is 29.3. The average molecular weight is 697 g/mol. The molecule has 0 radical (unpaired) electrons. The Balaban J connectivity index is 1.44. The highest BCUT2D eigenvalue weighted by atomic mass is 16.7. The normalized spacial score (nSPS) is 55.2. The van der Waals surface area contributed by atoms with E-state index in [1.165, 1.54) is 0 Å². The van der Waals surface area contributed by atoms with Gasteiger partial charge in [0.25, 0.3) is 0 Å². The lowest BCUT2D eigenvalue weighted by atomic mass is 9.32. The fourth-order valence-corrected chi connectivity index (χ4v) is 12.1. The molecule has 1 saturated heterocycles. The minimum Gasteiger partial charge on any atom is -0.432 e. The van der Waals surface area contributed by atoms with Crippen LogP contribution in [-0.2, 0) is 19.1 Å². The van der Waals surface area contributed by atoms with Gasteiger partial charge in [-0.2, -0.15) is 0 Å². The fourth-order valence-electron chi connectivity index (χ4n) is 12.1. The van der Waals surface area contributed by atoms with E-state index in [-0.39, 0.29) is 31.5 Å². The van der Waals surface area contributed by atoms with Crippen LogP contribution in [0.4, 0.5) is 0 Å². The van der Waals surface area contributed by atoms with Crippen LogP contribution in [-0.4, -0.2) is 126 Å². The summed E-state index contributed by atoms with van der Waals surface area (Å²) < 4.78 is 11.3. The predicted molar refractivity (Wildman–Crippen MR) is 171 cm³/mol. The van der Waals surface area contributed by atoms with Crippen LogP contribution in [0, 0.1) is 50.2 Å². The van der Waals surface area contributed by atoms with Gasteiger partial charge in [0.2, 0.25) is 6.29 Å². The SMILES string of the molecule is CC1(C)CC[C@]2(C(=O)O[C@@H]3O[C@H](CO)[C@@H](O)[C@H](O)[C@H]3O)CC[C@]3(C)C(=CC(=O)[C@@H]4[C@@]5(C)C[C@@H](O)[C@H](O)[C@](C)(CO)[C@@H]5[C@H](O)C[C@]43C)[C@@H]2[C@@H]1O. The first kappa shape index (κ1) is 37.2. The number of ketones is 1. The first-order valence-corrected chi connectivity index (χ1v) is 17.7. The lowest BCUT2D eigenvalue weighted by Crippen LogP contribution is -2.73. The number of esters is 1. The van der Waals surface area contributed by atoms with Crippen molar-refractivity contribution in [2.45, 2.75) is 135 Å². The van der Waals surface area contributed by atoms with Gasteiger partial charge in [0.15, 0.2) is 5.78 Å². The Hall–Kier alpha value is -1.52. The number of rotatable bonds is 4. The Labute approximate surface area is 286 Å². The quantitative estimate of drug-likeness (QED) is 0.170. The first-order chi connectivity index (χ1) is 22.6. The van der Waals surface area contributed by atoms with E-state index in [1.54, 1.807) is 13.0 Å². The topological polar surface area (TPSA) is 235 Å². The van der Waals surface area contributed by atoms with Crippen LogP contribution in [0.25, 0.3) is 0 Å². The van der Waals surface area contributed by atoms with Crippen molar-refractivity contribution >= 4 is 11.8 Å². The van der Waals surface area contributed by atoms with Crippen LogP contribution >= 0.6 is 0 Å². The van der Waals surface area contributed by atoms with Crippen molar-refractivity contribution in [2.24, 2.45) is 50.2 Å². The van der Waals surface area contributed by atoms with Crippen molar-refractivity contribution < 1.29 is 65.0 Å². The smallest absolute Gasteiger partial charge is 0.315 e. The number of aliphatic hydroxyl groups excluding tert-OH is 9. The molecule has 278 valence electrons. The van der Waals surface area contributed by atoms with Crippen molar-refractivity contribution in [3.05, 3.63) is 11.6 Å². The van der Waals surface area contributed by atoms with Crippen molar-refractivity contribution in [1.82, 2.24) is 0 Å². The molecule has 6 aliphatic rings. The number of hydrogen-bond donors (Lipinski definition) is 9. The highest BCUT2D eigenvalue weighted by Crippen LogP contribution is 2.75. The molecule has 9 N–H and O–H groups in total. The van der Waals surface area contributed by atoms with Gasteiger partial charge < -0.3 is 55.4 Å². The standard InChI is InChI=1S/C36H56O13/c1-31(2)7-9-36(30(47)49-29-24(44)23(43)22(42)20(14-37)48-29)10-8-34(5)16(21(36)28(31)46)11-17(39)26-32(3)12-19(41)27(45)33(4,15-38)25(32)18(40)13-35(26,34)6/h11,18-29,37-38,40-46H,7-10,12-15H2,1-6H3/t18-,19-,20-,21-,22-,23+,24-,25-,26-,27+,28+,29+,32+,33-,34-,35-,36+/m1/s1. The minimum atomic E-state index is -1.81. The van der Waals surface area contributed by atoms with Crippen LogP contribution in [0.5, 0.6) is 0 Å². The number of allylic oxidation sites excluding steroid dienone is 1. The molecule has 5 aliphatic carbocycles. The summed E-state index contributed by atoms with van der Waals surface area (Å²) in [4.78, 5) is 29.1. The number of carbonyl (C=O) groups is 2. The molecule has 13 heteroatoms. The van der Waals surface area contributed by atoms with E-state index in [1.807, 2.05) is 34.6 Å². The van der Waals surface area contributed by atoms with Gasteiger partial charge in [-0.3, -0.25) is 9.59 Å². The average Bonchev–Trinajstić information content (AvgIpc) is 3.02. The third-order valence-corrected chi connectivity index (χ3v) is 15.1. The van der Waals surface area contributed by atoms with Crippen molar-refractivity contribution in [3.8, 4) is 0 Å². The van der Waals surface area contributed by atoms with E-state index < -0.39 is 125 Å². The Morgan fingerprint density at radius 2 is 1.47 bits per heavy atom. The van der Waals surface area contributed by atoms with Gasteiger partial charge in [0.1, 0.15) is 24.4 Å². The van der Waals surface area contributed by atoms with Gasteiger partial charge in [-0.05, 0) is 66.3 Å². The molecule has 4 saturated carbocycles. The van der Waals surface area contributed by atoms with Gasteiger partial charge in [-0.15, -0.1) is 0 Å². The van der Waals surface area contributed by atoms with E-state index >= 15 is 0 Å². The van der Waals surface area contributed by atoms with Crippen LogP contribution < -0.4 is 0 Å². The number of fused-ring (bicyclic) bond motifs is 7. The Kier molecular flexibility index (Phi) is 8.93. The molecule has 1 heterocycles. The number of aliphatic hydroxyl groups is 9. The second kappa shape index (κ2) is 11.7. The summed E-state index contributed by atoms with van der Waals surface area (Å²) >= 11 is 0. The summed E-state index contributed by atoms with van der Waals surface area (Å²) in [6.07, 6.45) is -9.89. The van der Waals surface area contributed by atoms with Crippen molar-refractivity contribution in [3.63, 3.8) is 0 Å². The van der Waals surface area contributed by atoms with Gasteiger partial charge in [0.05, 0.1) is 43.0 Å². The first-order valence-electron chi connectivity index (χ1n) is 17.7. The number of ether oxygens (including phenoxy) is 2. The summed E-state index contributed by atoms with van der Waals surface area (Å²) in [5, 5.41) is 97.8. The molecule has 17 atom stereocenters. The maximum atomic E-state index is 14.7. The van der Waals surface area contributed by atoms with Crippen LogP contribution in [0.15, 0.2) is 11.6 Å². The zero-order valence-corrected chi connectivity index (χ0v) is 29.3. The largest absolute Gasteiger partial charge is 0.432 e. The summed E-state index contributed by atoms with van der Waals surface area (Å²) in [6.45, 7) is 10.1. The van der Waals surface area contributed by atoms with E-state index in [0.717, 1.165) is 0 Å². The molecule has 13 nitrogen and oxygen atoms in total. The molecule has 0 aromatic carbocycles. The minimum absolute atomic E-state index is 0.0329. The maximum absolute atomic E-state index is 14.7. The molecule has 6 rings (SSSR count). The highest BCUT2D eigenvalue weighted by molar-refractivity contribution is 5.96. The summed E-state index contributed by atoms with van der Waals surface area (Å²) in [6, 6.07) is 0. The van der Waals surface area contributed by atoms with Gasteiger partial charge in [0, 0.05) is 23.2 Å². The summed E-state index contributed by atoms with van der Waals surface area (Å²) in [5.74, 6) is -3.40. The van der Waals surface area contributed by atoms with Crippen molar-refractivity contribution in [2.75, 3.05) is 13.2 Å². The van der Waals surface area contributed by atoms with Crippen LogP contribution in [0.1, 0.15) is 80.1 Å². The molecule has 0 aromatic rings. The van der Waals surface area contributed by atoms with E-state index in [9.17, 15) is 55.5 Å². The van der Waals surface area contributed by atoms with Gasteiger partial charge in [-0.1, -0.05) is 47.1 Å². The van der Waals surface area contributed by atoms with E-state index in [4.69, 9.17) is 9.47 Å². The molecule has 0 bridgehead atoms. The Bertz CT molecular complexity index is 1380. The Morgan fingerprint density at radius 3 is 2.08 bits per heavy atom. The highest BCUT2D eigenvalue weighted by Gasteiger charge is 2.75. The van der Waals surface area contributed by atoms with Gasteiger partial charge >= 0.3 is 5.97 Å². The van der Waals surface area contributed by atoms with E-state index in [0.29, 0.717) is 18.4 Å². The second-order valence-electron chi connectivity index (χ2n) is 18.0. The van der Waals surface area contributed by atoms with Gasteiger partial charge in [-0.25, -0.2) is 0 Å². The third kappa shape index (κ3) is 4.80. The molecule has 1 aliphatic heterocycles. The lowest BCUT2D eigenvalue weighted by molar-refractivity contribution is -0.299. The molecular formula is C36H56O13. The predicted octanol–water partition coefficient (Wildman–Crippen LogP) is -0.444. The molecule has 0 aromatic heterocycles. The molecule has 0 spiro atoms. The zero-order chi connectivity index (χ0) is 36.4. The molecule has 0 unspecified atom stereocenters. The molecule has 49 heavy (non-hydrogen) atoms. The molecular weight excluding hydrogens is 640 g/mol. The number of hydrogen-bond acceptors (Lipinski definition) is 13. The third-order valence-electron chi connectivity index (χ3n) is 15.1. The maximum Gasteiger partial charge on any atom is 0.315 e. The van der Waals surface area contributed by atoms with E-state index in [2.05, 4.69) is 0 Å². The molecule has 5 fully saturated rings. The Morgan fingerprint density at radius 1 is 0.837 bits per heavy atom. The van der Waals surface area contributed by atoms with Crippen LogP contribution in [0.2, 0.25) is 0 Å².